The molecule has 0 aromatic heterocycles. The van der Waals surface area contributed by atoms with Gasteiger partial charge in [-0.25, -0.2) is 0 Å². The van der Waals surface area contributed by atoms with E-state index in [-0.39, 0.29) is 5.97 Å². The van der Waals surface area contributed by atoms with Crippen LogP contribution < -0.4 is 4.74 Å². The largest absolute Gasteiger partial charge is 0.426 e. The topological polar surface area (TPSA) is 26.3 Å². The van der Waals surface area contributed by atoms with E-state index in [1.807, 2.05) is 6.92 Å². The van der Waals surface area contributed by atoms with Crippen LogP contribution in [0, 0.1) is 6.92 Å². The van der Waals surface area contributed by atoms with E-state index >= 15 is 0 Å². The average Bonchev–Trinajstić information content (AvgIpc) is 2.13. The molecule has 0 aliphatic heterocycles. The molecule has 0 saturated heterocycles. The Balaban J connectivity index is 2.89. The maximum atomic E-state index is 11.0. The van der Waals surface area contributed by atoms with Gasteiger partial charge in [0.1, 0.15) is 5.75 Å². The van der Waals surface area contributed by atoms with Gasteiger partial charge < -0.3 is 4.74 Å². The first kappa shape index (κ1) is 10.1. The standard InChI is InChI=1S/C10H11ClO2/c1-3-10(12)13-9-6-4-5-8(11)7(9)2/h4-6H,3H2,1-2H3. The van der Waals surface area contributed by atoms with Crippen molar-refractivity contribution in [3.8, 4) is 5.75 Å². The third-order valence-corrected chi connectivity index (χ3v) is 2.14. The predicted octanol–water partition coefficient (Wildman–Crippen LogP) is 2.96. The molecule has 0 saturated carbocycles. The summed E-state index contributed by atoms with van der Waals surface area (Å²) in [6.07, 6.45) is 0.367. The molecule has 0 aliphatic carbocycles. The van der Waals surface area contributed by atoms with E-state index in [0.29, 0.717) is 17.2 Å². The van der Waals surface area contributed by atoms with E-state index in [2.05, 4.69) is 0 Å². The third-order valence-electron chi connectivity index (χ3n) is 1.73. The van der Waals surface area contributed by atoms with Gasteiger partial charge in [0.15, 0.2) is 0 Å². The van der Waals surface area contributed by atoms with E-state index in [1.54, 1.807) is 25.1 Å². The molecule has 0 amide bonds. The summed E-state index contributed by atoms with van der Waals surface area (Å²) < 4.78 is 5.05. The molecule has 0 aliphatic rings. The number of halogens is 1. The number of hydrogen-bond acceptors (Lipinski definition) is 2. The fourth-order valence-electron chi connectivity index (χ4n) is 0.893. The maximum absolute atomic E-state index is 11.0. The highest BCUT2D eigenvalue weighted by atomic mass is 35.5. The first-order chi connectivity index (χ1) is 6.15. The van der Waals surface area contributed by atoms with Gasteiger partial charge in [-0.3, -0.25) is 4.79 Å². The Kier molecular flexibility index (Phi) is 3.32. The lowest BCUT2D eigenvalue weighted by Crippen LogP contribution is -2.06. The van der Waals surface area contributed by atoms with Gasteiger partial charge in [-0.1, -0.05) is 24.6 Å². The molecular formula is C10H11ClO2. The fourth-order valence-corrected chi connectivity index (χ4v) is 1.06. The SMILES string of the molecule is CCC(=O)Oc1cccc(Cl)c1C. The number of benzene rings is 1. The van der Waals surface area contributed by atoms with Crippen LogP contribution in [0.3, 0.4) is 0 Å². The van der Waals surface area contributed by atoms with Crippen molar-refractivity contribution >= 4 is 17.6 Å². The van der Waals surface area contributed by atoms with Crippen molar-refractivity contribution < 1.29 is 9.53 Å². The summed E-state index contributed by atoms with van der Waals surface area (Å²) in [7, 11) is 0. The number of rotatable bonds is 2. The minimum atomic E-state index is -0.245. The molecular weight excluding hydrogens is 188 g/mol. The van der Waals surface area contributed by atoms with Gasteiger partial charge in [0, 0.05) is 17.0 Å². The number of ether oxygens (including phenoxy) is 1. The van der Waals surface area contributed by atoms with Crippen molar-refractivity contribution in [3.63, 3.8) is 0 Å². The summed E-state index contributed by atoms with van der Waals surface area (Å²) in [5.74, 6) is 0.296. The number of esters is 1. The van der Waals surface area contributed by atoms with Gasteiger partial charge in [-0.05, 0) is 19.1 Å². The molecule has 0 radical (unpaired) electrons. The van der Waals surface area contributed by atoms with Crippen molar-refractivity contribution in [3.05, 3.63) is 28.8 Å². The molecule has 0 heterocycles. The highest BCUT2D eigenvalue weighted by Crippen LogP contribution is 2.25. The summed E-state index contributed by atoms with van der Waals surface area (Å²) in [4.78, 5) is 11.0. The van der Waals surface area contributed by atoms with Gasteiger partial charge in [0.2, 0.25) is 0 Å². The van der Waals surface area contributed by atoms with E-state index in [0.717, 1.165) is 5.56 Å². The lowest BCUT2D eigenvalue weighted by molar-refractivity contribution is -0.134. The summed E-state index contributed by atoms with van der Waals surface area (Å²) in [6.45, 7) is 3.57. The van der Waals surface area contributed by atoms with Crippen LogP contribution in [0.1, 0.15) is 18.9 Å². The second kappa shape index (κ2) is 4.28. The van der Waals surface area contributed by atoms with Crippen molar-refractivity contribution in [2.75, 3.05) is 0 Å². The predicted molar refractivity (Wildman–Crippen MR) is 52.1 cm³/mol. The Hall–Kier alpha value is -1.02. The lowest BCUT2D eigenvalue weighted by atomic mass is 10.2. The summed E-state index contributed by atoms with van der Waals surface area (Å²) in [5.41, 5.74) is 0.797. The number of hydrogen-bond donors (Lipinski definition) is 0. The van der Waals surface area contributed by atoms with Crippen LogP contribution in [-0.2, 0) is 4.79 Å². The molecule has 1 aromatic rings. The van der Waals surface area contributed by atoms with Gasteiger partial charge in [-0.2, -0.15) is 0 Å². The van der Waals surface area contributed by atoms with Gasteiger partial charge in [0.25, 0.3) is 0 Å². The van der Waals surface area contributed by atoms with Crippen molar-refractivity contribution in [2.24, 2.45) is 0 Å². The normalized spacial score (nSPS) is 9.77. The molecule has 13 heavy (non-hydrogen) atoms. The van der Waals surface area contributed by atoms with E-state index in [9.17, 15) is 4.79 Å². The zero-order chi connectivity index (χ0) is 9.84. The molecule has 0 bridgehead atoms. The molecule has 1 aromatic carbocycles. The van der Waals surface area contributed by atoms with Gasteiger partial charge in [-0.15, -0.1) is 0 Å². The van der Waals surface area contributed by atoms with Crippen LogP contribution >= 0.6 is 11.6 Å². The molecule has 0 fully saturated rings. The highest BCUT2D eigenvalue weighted by molar-refractivity contribution is 6.31. The van der Waals surface area contributed by atoms with Crippen molar-refractivity contribution in [1.82, 2.24) is 0 Å². The molecule has 70 valence electrons. The molecule has 0 unspecified atom stereocenters. The van der Waals surface area contributed by atoms with Crippen LogP contribution in [0.15, 0.2) is 18.2 Å². The van der Waals surface area contributed by atoms with Crippen LogP contribution in [0.2, 0.25) is 5.02 Å². The first-order valence-electron chi connectivity index (χ1n) is 4.11. The molecule has 2 nitrogen and oxygen atoms in total. The zero-order valence-corrected chi connectivity index (χ0v) is 8.39. The minimum Gasteiger partial charge on any atom is -0.426 e. The van der Waals surface area contributed by atoms with Crippen LogP contribution in [-0.4, -0.2) is 5.97 Å². The zero-order valence-electron chi connectivity index (χ0n) is 7.63. The Morgan fingerprint density at radius 1 is 1.54 bits per heavy atom. The summed E-state index contributed by atoms with van der Waals surface area (Å²) >= 11 is 5.85. The quantitative estimate of drug-likeness (QED) is 0.540. The van der Waals surface area contributed by atoms with Crippen LogP contribution in [0.25, 0.3) is 0 Å². The third kappa shape index (κ3) is 2.46. The minimum absolute atomic E-state index is 0.245. The number of carbonyl (C=O) groups excluding carboxylic acids is 1. The van der Waals surface area contributed by atoms with Crippen LogP contribution in [0.4, 0.5) is 0 Å². The average molecular weight is 199 g/mol. The summed E-state index contributed by atoms with van der Waals surface area (Å²) in [6, 6.07) is 5.25. The maximum Gasteiger partial charge on any atom is 0.310 e. The smallest absolute Gasteiger partial charge is 0.310 e. The second-order valence-corrected chi connectivity index (χ2v) is 3.10. The molecule has 0 atom stereocenters. The van der Waals surface area contributed by atoms with Crippen molar-refractivity contribution in [2.45, 2.75) is 20.3 Å². The Morgan fingerprint density at radius 3 is 2.85 bits per heavy atom. The van der Waals surface area contributed by atoms with E-state index in [1.165, 1.54) is 0 Å². The highest BCUT2D eigenvalue weighted by Gasteiger charge is 2.06. The Labute approximate surface area is 82.5 Å². The van der Waals surface area contributed by atoms with Gasteiger partial charge in [0.05, 0.1) is 0 Å². The number of carbonyl (C=O) groups is 1. The summed E-state index contributed by atoms with van der Waals surface area (Å²) in [5, 5.41) is 0.612. The monoisotopic (exact) mass is 198 g/mol. The van der Waals surface area contributed by atoms with Gasteiger partial charge >= 0.3 is 5.97 Å². The molecule has 3 heteroatoms. The van der Waals surface area contributed by atoms with E-state index < -0.39 is 0 Å². The Bertz CT molecular complexity index is 321. The molecule has 0 spiro atoms. The molecule has 1 rings (SSSR count). The van der Waals surface area contributed by atoms with Crippen molar-refractivity contribution in [1.29, 1.82) is 0 Å². The Morgan fingerprint density at radius 2 is 2.23 bits per heavy atom. The van der Waals surface area contributed by atoms with E-state index in [4.69, 9.17) is 16.3 Å². The second-order valence-electron chi connectivity index (χ2n) is 2.69. The first-order valence-corrected chi connectivity index (χ1v) is 4.48. The fraction of sp³-hybridized carbons (Fsp3) is 0.300. The van der Waals surface area contributed by atoms with Crippen LogP contribution in [0.5, 0.6) is 5.75 Å². The lowest BCUT2D eigenvalue weighted by Gasteiger charge is -2.06. The molecule has 0 N–H and O–H groups in total.